The second kappa shape index (κ2) is 14.0. The molecule has 272 valence electrons. The summed E-state index contributed by atoms with van der Waals surface area (Å²) in [7, 11) is 0. The average molecular weight is 762 g/mol. The summed E-state index contributed by atoms with van der Waals surface area (Å²) in [5.41, 5.74) is 9.35. The van der Waals surface area contributed by atoms with Crippen LogP contribution in [0.1, 0.15) is 0 Å². The van der Waals surface area contributed by atoms with Gasteiger partial charge in [0, 0.05) is 42.4 Å². The average Bonchev–Trinajstić information content (AvgIpc) is 3.67. The fourth-order valence-electron chi connectivity index (χ4n) is 8.29. The van der Waals surface area contributed by atoms with Crippen LogP contribution < -0.4 is 0 Å². The van der Waals surface area contributed by atoms with Crippen molar-refractivity contribution in [2.45, 2.75) is 0 Å². The van der Waals surface area contributed by atoms with Crippen LogP contribution in [-0.4, -0.2) is 15.0 Å². The Morgan fingerprint density at radius 3 is 1.69 bits per heavy atom. The summed E-state index contributed by atoms with van der Waals surface area (Å²) in [5, 5.41) is 6.64. The lowest BCUT2D eigenvalue weighted by atomic mass is 9.90. The Bertz CT molecular complexity index is 3340. The second-order valence-electron chi connectivity index (χ2n) is 14.5. The summed E-state index contributed by atoms with van der Waals surface area (Å²) in [5.74, 6) is 1.53. The molecule has 58 heavy (non-hydrogen) atoms. The van der Waals surface area contributed by atoms with E-state index in [0.29, 0.717) is 17.5 Å². The van der Waals surface area contributed by atoms with Crippen molar-refractivity contribution in [2.24, 2.45) is 0 Å². The molecule has 11 aromatic rings. The van der Waals surface area contributed by atoms with Crippen LogP contribution in [0, 0.1) is 5.82 Å². The molecule has 0 bridgehead atoms. The third-order valence-electron chi connectivity index (χ3n) is 11.0. The molecule has 0 unspecified atom stereocenters. The van der Waals surface area contributed by atoms with Gasteiger partial charge in [0.2, 0.25) is 0 Å². The minimum Gasteiger partial charge on any atom is -0.208 e. The maximum Gasteiger partial charge on any atom is 0.165 e. The van der Waals surface area contributed by atoms with Gasteiger partial charge in [-0.2, -0.15) is 0 Å². The van der Waals surface area contributed by atoms with Gasteiger partial charge in [-0.15, -0.1) is 11.3 Å². The van der Waals surface area contributed by atoms with Crippen molar-refractivity contribution >= 4 is 53.1 Å². The quantitative estimate of drug-likeness (QED) is 0.169. The Hall–Kier alpha value is -7.34. The lowest BCUT2D eigenvalue weighted by Gasteiger charge is -2.16. The van der Waals surface area contributed by atoms with E-state index < -0.39 is 0 Å². The van der Waals surface area contributed by atoms with Crippen LogP contribution >= 0.6 is 11.3 Å². The molecule has 0 spiro atoms. The van der Waals surface area contributed by atoms with Gasteiger partial charge < -0.3 is 0 Å². The summed E-state index contributed by atoms with van der Waals surface area (Å²) >= 11 is 1.75. The number of nitrogens with zero attached hydrogens (tertiary/aromatic N) is 3. The lowest BCUT2D eigenvalue weighted by molar-refractivity contribution is 0.628. The van der Waals surface area contributed by atoms with Crippen molar-refractivity contribution in [3.63, 3.8) is 0 Å². The molecule has 0 amide bonds. The van der Waals surface area contributed by atoms with Crippen LogP contribution in [0.25, 0.3) is 109 Å². The van der Waals surface area contributed by atoms with E-state index in [-0.39, 0.29) is 5.82 Å². The van der Waals surface area contributed by atoms with E-state index in [1.54, 1.807) is 11.3 Å². The number of halogens is 1. The zero-order chi connectivity index (χ0) is 38.6. The molecule has 0 aliphatic rings. The van der Waals surface area contributed by atoms with E-state index in [0.717, 1.165) is 75.5 Å². The monoisotopic (exact) mass is 761 g/mol. The summed E-state index contributed by atoms with van der Waals surface area (Å²) in [4.78, 5) is 15.9. The van der Waals surface area contributed by atoms with Crippen LogP contribution in [-0.2, 0) is 0 Å². The zero-order valence-corrected chi connectivity index (χ0v) is 31.9. The molecule has 0 N–H and O–H groups in total. The number of benzene rings is 9. The zero-order valence-electron chi connectivity index (χ0n) is 31.1. The number of rotatable bonds is 6. The van der Waals surface area contributed by atoms with Gasteiger partial charge in [-0.3, -0.25) is 0 Å². The SMILES string of the molecule is Fc1ccc(-c2c3ccccc3c(-c3nc(-c4ccccc4)nc(-c4cccc(-c5cc(-c6ccccc6)cc6ccccc56)c4)n3)c3c2sc2ccccc23)cc1. The van der Waals surface area contributed by atoms with Crippen LogP contribution in [0.15, 0.2) is 194 Å². The first-order valence-corrected chi connectivity index (χ1v) is 20.1. The van der Waals surface area contributed by atoms with Crippen molar-refractivity contribution in [1.29, 1.82) is 0 Å². The molecular weight excluding hydrogens is 730 g/mol. The van der Waals surface area contributed by atoms with Crippen molar-refractivity contribution < 1.29 is 4.39 Å². The minimum absolute atomic E-state index is 0.260. The molecule has 0 aliphatic carbocycles. The van der Waals surface area contributed by atoms with Crippen molar-refractivity contribution in [1.82, 2.24) is 15.0 Å². The highest BCUT2D eigenvalue weighted by Gasteiger charge is 2.24. The van der Waals surface area contributed by atoms with Crippen molar-refractivity contribution in [3.05, 3.63) is 200 Å². The predicted molar refractivity (Wildman–Crippen MR) is 240 cm³/mol. The van der Waals surface area contributed by atoms with E-state index in [1.165, 1.54) is 28.5 Å². The summed E-state index contributed by atoms with van der Waals surface area (Å²) in [6.45, 7) is 0. The molecule has 5 heteroatoms. The number of hydrogen-bond donors (Lipinski definition) is 0. The van der Waals surface area contributed by atoms with E-state index in [4.69, 9.17) is 15.0 Å². The highest BCUT2D eigenvalue weighted by atomic mass is 32.1. The minimum atomic E-state index is -0.260. The second-order valence-corrected chi connectivity index (χ2v) is 15.5. The van der Waals surface area contributed by atoms with Gasteiger partial charge in [-0.25, -0.2) is 19.3 Å². The fourth-order valence-corrected chi connectivity index (χ4v) is 9.58. The Balaban J connectivity index is 1.18. The molecular formula is C53H32FN3S. The summed E-state index contributed by atoms with van der Waals surface area (Å²) in [6.07, 6.45) is 0. The van der Waals surface area contributed by atoms with Crippen LogP contribution in [0.2, 0.25) is 0 Å². The molecule has 0 atom stereocenters. The van der Waals surface area contributed by atoms with Gasteiger partial charge in [0.05, 0.1) is 0 Å². The molecule has 0 aliphatic heterocycles. The summed E-state index contributed by atoms with van der Waals surface area (Å²) in [6, 6.07) is 66.1. The maximum atomic E-state index is 14.3. The number of thiophene rings is 1. The molecule has 3 nitrogen and oxygen atoms in total. The van der Waals surface area contributed by atoms with Gasteiger partial charge in [-0.1, -0.05) is 158 Å². The first-order chi connectivity index (χ1) is 28.7. The highest BCUT2D eigenvalue weighted by molar-refractivity contribution is 7.26. The van der Waals surface area contributed by atoms with Gasteiger partial charge in [-0.05, 0) is 85.8 Å². The van der Waals surface area contributed by atoms with E-state index in [1.807, 2.05) is 42.5 Å². The Labute approximate surface area is 338 Å². The molecule has 11 rings (SSSR count). The standard InChI is InChI=1S/C53H32FN3S/c54-40-28-26-34(27-29-40)47-42-22-9-10-23-43(42)49(48-44-24-11-12-25-46(44)58-50(47)48)53-56-51(35-16-5-2-6-17-35)55-52(57-53)38-20-13-19-37(30-38)45-32-39(33-14-3-1-4-15-33)31-36-18-7-8-21-41(36)45/h1-32H. The molecule has 0 radical (unpaired) electrons. The van der Waals surface area contributed by atoms with E-state index in [9.17, 15) is 4.39 Å². The lowest BCUT2D eigenvalue weighted by Crippen LogP contribution is -2.01. The largest absolute Gasteiger partial charge is 0.208 e. The van der Waals surface area contributed by atoms with Crippen LogP contribution in [0.4, 0.5) is 4.39 Å². The number of aromatic nitrogens is 3. The first kappa shape index (κ1) is 34.0. The van der Waals surface area contributed by atoms with Crippen molar-refractivity contribution in [2.75, 3.05) is 0 Å². The highest BCUT2D eigenvalue weighted by Crippen LogP contribution is 2.49. The molecule has 2 aromatic heterocycles. The van der Waals surface area contributed by atoms with Crippen molar-refractivity contribution in [3.8, 4) is 67.5 Å². The van der Waals surface area contributed by atoms with Gasteiger partial charge in [0.1, 0.15) is 5.82 Å². The third-order valence-corrected chi connectivity index (χ3v) is 12.2. The molecule has 0 saturated heterocycles. The Kier molecular flexibility index (Phi) is 8.19. The van der Waals surface area contributed by atoms with Gasteiger partial charge in [0.25, 0.3) is 0 Å². The molecule has 0 saturated carbocycles. The molecule has 2 heterocycles. The molecule has 0 fully saturated rings. The van der Waals surface area contributed by atoms with Crippen LogP contribution in [0.5, 0.6) is 0 Å². The van der Waals surface area contributed by atoms with E-state index in [2.05, 4.69) is 140 Å². The predicted octanol–water partition coefficient (Wildman–Crippen LogP) is 14.7. The smallest absolute Gasteiger partial charge is 0.165 e. The molecule has 9 aromatic carbocycles. The van der Waals surface area contributed by atoms with Crippen LogP contribution in [0.3, 0.4) is 0 Å². The third kappa shape index (κ3) is 5.83. The topological polar surface area (TPSA) is 38.7 Å². The number of hydrogen-bond acceptors (Lipinski definition) is 4. The normalized spacial score (nSPS) is 11.5. The number of fused-ring (bicyclic) bond motifs is 5. The van der Waals surface area contributed by atoms with E-state index >= 15 is 0 Å². The Morgan fingerprint density at radius 2 is 0.931 bits per heavy atom. The maximum absolute atomic E-state index is 14.3. The summed E-state index contributed by atoms with van der Waals surface area (Å²) < 4.78 is 16.6. The van der Waals surface area contributed by atoms with Gasteiger partial charge in [0.15, 0.2) is 17.5 Å². The Morgan fingerprint density at radius 1 is 0.362 bits per heavy atom. The fraction of sp³-hybridized carbons (Fsp3) is 0. The van der Waals surface area contributed by atoms with Gasteiger partial charge >= 0.3 is 0 Å². The first-order valence-electron chi connectivity index (χ1n) is 19.3.